The summed E-state index contributed by atoms with van der Waals surface area (Å²) in [6, 6.07) is 7.54. The van der Waals surface area contributed by atoms with Crippen LogP contribution in [-0.2, 0) is 11.3 Å². The maximum absolute atomic E-state index is 11.7. The summed E-state index contributed by atoms with van der Waals surface area (Å²) in [5.74, 6) is 1.03. The first-order valence-electron chi connectivity index (χ1n) is 10.4. The van der Waals surface area contributed by atoms with Crippen molar-refractivity contribution in [2.45, 2.75) is 52.6 Å². The van der Waals surface area contributed by atoms with Crippen molar-refractivity contribution in [3.05, 3.63) is 29.8 Å². The highest BCUT2D eigenvalue weighted by Gasteiger charge is 2.18. The molecule has 160 valence electrons. The summed E-state index contributed by atoms with van der Waals surface area (Å²) in [4.78, 5) is 29.9. The Balaban J connectivity index is 1.77. The van der Waals surface area contributed by atoms with Gasteiger partial charge in [0.2, 0.25) is 5.91 Å². The Hall–Kier alpha value is -2.77. The minimum Gasteiger partial charge on any atom is -0.357 e. The molecule has 0 atom stereocenters. The van der Waals surface area contributed by atoms with E-state index in [0.29, 0.717) is 13.0 Å². The number of likely N-dealkylation sites (tertiary alicyclic amines) is 1. The van der Waals surface area contributed by atoms with Gasteiger partial charge in [0.25, 0.3) is 0 Å². The second kappa shape index (κ2) is 11.9. The minimum atomic E-state index is -0.208. The summed E-state index contributed by atoms with van der Waals surface area (Å²) < 4.78 is 0. The Morgan fingerprint density at radius 3 is 2.59 bits per heavy atom. The lowest BCUT2D eigenvalue weighted by Crippen LogP contribution is -2.39. The number of benzene rings is 1. The SMILES string of the molecule is CCNC(=NCc1ccc(NC(=O)NC(C)C)cc1)NCCCN1CCCC1=O. The molecule has 0 bridgehead atoms. The molecule has 0 spiro atoms. The predicted molar refractivity (Wildman–Crippen MR) is 117 cm³/mol. The highest BCUT2D eigenvalue weighted by atomic mass is 16.2. The van der Waals surface area contributed by atoms with Crippen LogP contribution in [0.4, 0.5) is 10.5 Å². The van der Waals surface area contributed by atoms with Gasteiger partial charge in [0.15, 0.2) is 5.96 Å². The van der Waals surface area contributed by atoms with Gasteiger partial charge in [-0.2, -0.15) is 0 Å². The number of hydrogen-bond acceptors (Lipinski definition) is 3. The number of hydrogen-bond donors (Lipinski definition) is 4. The number of rotatable bonds is 9. The molecule has 1 aromatic rings. The van der Waals surface area contributed by atoms with Crippen LogP contribution in [0.25, 0.3) is 0 Å². The third kappa shape index (κ3) is 8.41. The van der Waals surface area contributed by atoms with Crippen molar-refractivity contribution < 1.29 is 9.59 Å². The number of carbonyl (C=O) groups is 2. The highest BCUT2D eigenvalue weighted by molar-refractivity contribution is 5.89. The largest absolute Gasteiger partial charge is 0.357 e. The van der Waals surface area contributed by atoms with E-state index >= 15 is 0 Å². The summed E-state index contributed by atoms with van der Waals surface area (Å²) in [7, 11) is 0. The molecule has 1 aliphatic rings. The first-order chi connectivity index (χ1) is 14.0. The average molecular weight is 403 g/mol. The van der Waals surface area contributed by atoms with Crippen LogP contribution in [0.15, 0.2) is 29.3 Å². The highest BCUT2D eigenvalue weighted by Crippen LogP contribution is 2.11. The van der Waals surface area contributed by atoms with Gasteiger partial charge >= 0.3 is 6.03 Å². The number of nitrogens with zero attached hydrogens (tertiary/aromatic N) is 2. The molecular weight excluding hydrogens is 368 g/mol. The molecular formula is C21H34N6O2. The van der Waals surface area contributed by atoms with Crippen molar-refractivity contribution in [1.82, 2.24) is 20.9 Å². The number of carbonyl (C=O) groups excluding carboxylic acids is 2. The molecule has 29 heavy (non-hydrogen) atoms. The van der Waals surface area contributed by atoms with Gasteiger partial charge in [-0.25, -0.2) is 9.79 Å². The topological polar surface area (TPSA) is 97.9 Å². The maximum atomic E-state index is 11.7. The van der Waals surface area contributed by atoms with Crippen molar-refractivity contribution in [3.8, 4) is 0 Å². The minimum absolute atomic E-state index is 0.0939. The van der Waals surface area contributed by atoms with Gasteiger partial charge in [0.05, 0.1) is 6.54 Å². The van der Waals surface area contributed by atoms with Gasteiger partial charge in [-0.15, -0.1) is 0 Å². The van der Waals surface area contributed by atoms with Crippen LogP contribution in [-0.4, -0.2) is 55.0 Å². The number of guanidine groups is 1. The molecule has 8 heteroatoms. The van der Waals surface area contributed by atoms with Crippen molar-refractivity contribution in [3.63, 3.8) is 0 Å². The Morgan fingerprint density at radius 2 is 1.97 bits per heavy atom. The van der Waals surface area contributed by atoms with E-state index in [1.165, 1.54) is 0 Å². The molecule has 1 aliphatic heterocycles. The fraction of sp³-hybridized carbons (Fsp3) is 0.571. The molecule has 2 rings (SSSR count). The molecule has 1 fully saturated rings. The zero-order chi connectivity index (χ0) is 21.1. The standard InChI is InChI=1S/C21H34N6O2/c1-4-22-20(23-12-6-14-27-13-5-7-19(27)28)24-15-17-8-10-18(11-9-17)26-21(29)25-16(2)3/h8-11,16H,4-7,12-15H2,1-3H3,(H2,22,23,24)(H2,25,26,29). The van der Waals surface area contributed by atoms with Crippen molar-refractivity contribution in [2.75, 3.05) is 31.5 Å². The van der Waals surface area contributed by atoms with E-state index in [-0.39, 0.29) is 18.0 Å². The van der Waals surface area contributed by atoms with Crippen LogP contribution < -0.4 is 21.3 Å². The monoisotopic (exact) mass is 402 g/mol. The Kier molecular flexibility index (Phi) is 9.27. The van der Waals surface area contributed by atoms with Gasteiger partial charge in [-0.1, -0.05) is 12.1 Å². The molecule has 0 unspecified atom stereocenters. The zero-order valence-corrected chi connectivity index (χ0v) is 17.8. The van der Waals surface area contributed by atoms with E-state index in [0.717, 1.165) is 56.2 Å². The fourth-order valence-electron chi connectivity index (χ4n) is 3.05. The van der Waals surface area contributed by atoms with Crippen LogP contribution in [0.3, 0.4) is 0 Å². The van der Waals surface area contributed by atoms with Gasteiger partial charge in [-0.3, -0.25) is 4.79 Å². The number of anilines is 1. The Bertz CT molecular complexity index is 687. The summed E-state index contributed by atoms with van der Waals surface area (Å²) in [6.07, 6.45) is 2.57. The van der Waals surface area contributed by atoms with Crippen molar-refractivity contribution in [1.29, 1.82) is 0 Å². The fourth-order valence-corrected chi connectivity index (χ4v) is 3.05. The molecule has 8 nitrogen and oxygen atoms in total. The second-order valence-corrected chi connectivity index (χ2v) is 7.41. The number of amides is 3. The molecule has 4 N–H and O–H groups in total. The molecule has 0 radical (unpaired) electrons. The van der Waals surface area contributed by atoms with Crippen molar-refractivity contribution in [2.24, 2.45) is 4.99 Å². The predicted octanol–water partition coefficient (Wildman–Crippen LogP) is 2.28. The molecule has 0 aliphatic carbocycles. The first-order valence-corrected chi connectivity index (χ1v) is 10.4. The molecule has 3 amide bonds. The quantitative estimate of drug-likeness (QED) is 0.289. The lowest BCUT2D eigenvalue weighted by Gasteiger charge is -2.16. The molecule has 0 aromatic heterocycles. The lowest BCUT2D eigenvalue weighted by molar-refractivity contribution is -0.127. The Morgan fingerprint density at radius 1 is 1.21 bits per heavy atom. The van der Waals surface area contributed by atoms with Crippen LogP contribution in [0.5, 0.6) is 0 Å². The van der Waals surface area contributed by atoms with Gasteiger partial charge in [-0.05, 0) is 51.3 Å². The molecule has 1 saturated heterocycles. The molecule has 1 heterocycles. The van der Waals surface area contributed by atoms with Crippen LogP contribution in [0.2, 0.25) is 0 Å². The lowest BCUT2D eigenvalue weighted by atomic mass is 10.2. The van der Waals surface area contributed by atoms with Gasteiger partial charge in [0.1, 0.15) is 0 Å². The van der Waals surface area contributed by atoms with E-state index in [4.69, 9.17) is 0 Å². The third-order valence-corrected chi connectivity index (χ3v) is 4.46. The van der Waals surface area contributed by atoms with Gasteiger partial charge in [0, 0.05) is 44.3 Å². The first kappa shape index (κ1) is 22.5. The Labute approximate surface area is 173 Å². The molecule has 0 saturated carbocycles. The van der Waals surface area contributed by atoms with E-state index < -0.39 is 0 Å². The summed E-state index contributed by atoms with van der Waals surface area (Å²) in [5, 5.41) is 12.2. The average Bonchev–Trinajstić information content (AvgIpc) is 3.08. The third-order valence-electron chi connectivity index (χ3n) is 4.46. The van der Waals surface area contributed by atoms with Gasteiger partial charge < -0.3 is 26.2 Å². The van der Waals surface area contributed by atoms with Crippen LogP contribution in [0, 0.1) is 0 Å². The van der Waals surface area contributed by atoms with E-state index in [1.807, 2.05) is 49.9 Å². The summed E-state index contributed by atoms with van der Waals surface area (Å²) in [6.45, 7) is 9.64. The second-order valence-electron chi connectivity index (χ2n) is 7.41. The number of urea groups is 1. The maximum Gasteiger partial charge on any atom is 0.319 e. The number of aliphatic imine (C=N–C) groups is 1. The van der Waals surface area contributed by atoms with E-state index in [2.05, 4.69) is 26.3 Å². The normalized spacial score (nSPS) is 14.3. The van der Waals surface area contributed by atoms with E-state index in [9.17, 15) is 9.59 Å². The summed E-state index contributed by atoms with van der Waals surface area (Å²) in [5.41, 5.74) is 1.80. The number of nitrogens with one attached hydrogen (secondary N) is 4. The zero-order valence-electron chi connectivity index (χ0n) is 17.8. The smallest absolute Gasteiger partial charge is 0.319 e. The molecule has 1 aromatic carbocycles. The summed E-state index contributed by atoms with van der Waals surface area (Å²) >= 11 is 0. The van der Waals surface area contributed by atoms with Crippen LogP contribution in [0.1, 0.15) is 45.6 Å². The van der Waals surface area contributed by atoms with Crippen molar-refractivity contribution >= 4 is 23.6 Å². The van der Waals surface area contributed by atoms with Crippen LogP contribution >= 0.6 is 0 Å². The van der Waals surface area contributed by atoms with E-state index in [1.54, 1.807) is 0 Å².